The van der Waals surface area contributed by atoms with Crippen LogP contribution in [0.25, 0.3) is 0 Å². The van der Waals surface area contributed by atoms with Crippen LogP contribution >= 0.6 is 0 Å². The number of hydrazine groups is 1. The molecule has 2 rings (SSSR count). The summed E-state index contributed by atoms with van der Waals surface area (Å²) in [6, 6.07) is 9.20. The Hall–Kier alpha value is -2.30. The monoisotopic (exact) mass is 260 g/mol. The van der Waals surface area contributed by atoms with Crippen LogP contribution < -0.4 is 10.9 Å². The van der Waals surface area contributed by atoms with Crippen molar-refractivity contribution in [2.75, 3.05) is 5.43 Å². The molecule has 0 heterocycles. The van der Waals surface area contributed by atoms with Crippen LogP contribution in [0.4, 0.5) is 5.69 Å². The number of hydrogen-bond acceptors (Lipinski definition) is 3. The Bertz CT molecular complexity index is 485. The number of allylic oxidation sites excluding steroid dienone is 2. The van der Waals surface area contributed by atoms with E-state index in [9.17, 15) is 9.59 Å². The minimum absolute atomic E-state index is 0.291. The molecule has 0 spiro atoms. The fourth-order valence-electron chi connectivity index (χ4n) is 2.12. The van der Waals surface area contributed by atoms with Crippen LogP contribution in [0.15, 0.2) is 42.5 Å². The van der Waals surface area contributed by atoms with Gasteiger partial charge in [-0.3, -0.25) is 20.4 Å². The zero-order valence-electron chi connectivity index (χ0n) is 10.4. The molecule has 5 nitrogen and oxygen atoms in total. The number of anilines is 1. The van der Waals surface area contributed by atoms with E-state index in [1.165, 1.54) is 0 Å². The van der Waals surface area contributed by atoms with E-state index >= 15 is 0 Å². The molecule has 1 aliphatic carbocycles. The third kappa shape index (κ3) is 3.34. The zero-order valence-corrected chi connectivity index (χ0v) is 10.4. The van der Waals surface area contributed by atoms with Crippen molar-refractivity contribution in [3.05, 3.63) is 42.5 Å². The standard InChI is InChI=1S/C14H16N2O3/c17-13(16-15-10-6-2-1-3-7-10)11-8-4-5-9-12(11)14(18)19/h1-7,11-12,15H,8-9H2,(H,16,17)(H,18,19)/t11?,12-/m0/s1. The molecular formula is C14H16N2O3. The van der Waals surface area contributed by atoms with Gasteiger partial charge in [-0.1, -0.05) is 30.4 Å². The number of carbonyl (C=O) groups excluding carboxylic acids is 1. The second kappa shape index (κ2) is 6.04. The number of nitrogens with one attached hydrogen (secondary N) is 2. The maximum Gasteiger partial charge on any atom is 0.307 e. The van der Waals surface area contributed by atoms with Crippen molar-refractivity contribution in [1.29, 1.82) is 0 Å². The summed E-state index contributed by atoms with van der Waals surface area (Å²) >= 11 is 0. The summed E-state index contributed by atoms with van der Waals surface area (Å²) in [6.45, 7) is 0. The fourth-order valence-corrected chi connectivity index (χ4v) is 2.12. The Kier molecular flexibility index (Phi) is 4.18. The first-order chi connectivity index (χ1) is 9.18. The molecule has 0 radical (unpaired) electrons. The van der Waals surface area contributed by atoms with Gasteiger partial charge in [0.25, 0.3) is 0 Å². The molecule has 100 valence electrons. The summed E-state index contributed by atoms with van der Waals surface area (Å²) in [5.41, 5.74) is 6.11. The number of aliphatic carboxylic acids is 1. The van der Waals surface area contributed by atoms with Gasteiger partial charge in [0.2, 0.25) is 5.91 Å². The molecule has 19 heavy (non-hydrogen) atoms. The number of carbonyl (C=O) groups is 2. The third-order valence-corrected chi connectivity index (χ3v) is 3.19. The van der Waals surface area contributed by atoms with E-state index in [0.717, 1.165) is 5.69 Å². The highest BCUT2D eigenvalue weighted by molar-refractivity contribution is 5.86. The number of rotatable bonds is 4. The van der Waals surface area contributed by atoms with Gasteiger partial charge >= 0.3 is 5.97 Å². The van der Waals surface area contributed by atoms with Crippen molar-refractivity contribution < 1.29 is 14.7 Å². The zero-order chi connectivity index (χ0) is 13.7. The number of para-hydroxylation sites is 1. The first kappa shape index (κ1) is 13.1. The van der Waals surface area contributed by atoms with Crippen LogP contribution in [0.2, 0.25) is 0 Å². The van der Waals surface area contributed by atoms with Crippen LogP contribution in [0.1, 0.15) is 12.8 Å². The molecule has 5 heteroatoms. The van der Waals surface area contributed by atoms with Gasteiger partial charge in [0.1, 0.15) is 0 Å². The van der Waals surface area contributed by atoms with Crippen molar-refractivity contribution in [2.24, 2.45) is 11.8 Å². The van der Waals surface area contributed by atoms with E-state index < -0.39 is 17.8 Å². The maximum absolute atomic E-state index is 12.0. The van der Waals surface area contributed by atoms with Crippen molar-refractivity contribution >= 4 is 17.6 Å². The smallest absolute Gasteiger partial charge is 0.307 e. The molecule has 0 saturated carbocycles. The Morgan fingerprint density at radius 1 is 1.05 bits per heavy atom. The maximum atomic E-state index is 12.0. The van der Waals surface area contributed by atoms with E-state index in [2.05, 4.69) is 10.9 Å². The third-order valence-electron chi connectivity index (χ3n) is 3.19. The minimum Gasteiger partial charge on any atom is -0.481 e. The predicted molar refractivity (Wildman–Crippen MR) is 71.2 cm³/mol. The molecule has 0 fully saturated rings. The van der Waals surface area contributed by atoms with Crippen LogP contribution in [-0.2, 0) is 9.59 Å². The number of hydrogen-bond donors (Lipinski definition) is 3. The first-order valence-electron chi connectivity index (χ1n) is 6.17. The van der Waals surface area contributed by atoms with Gasteiger partial charge in [0.05, 0.1) is 17.5 Å². The lowest BCUT2D eigenvalue weighted by Crippen LogP contribution is -2.41. The minimum atomic E-state index is -0.927. The summed E-state index contributed by atoms with van der Waals surface area (Å²) in [4.78, 5) is 23.1. The topological polar surface area (TPSA) is 78.4 Å². The number of carboxylic acids is 1. The van der Waals surface area contributed by atoms with E-state index in [0.29, 0.717) is 12.8 Å². The van der Waals surface area contributed by atoms with Crippen LogP contribution in [0.3, 0.4) is 0 Å². The molecule has 0 bridgehead atoms. The number of benzene rings is 1. The van der Waals surface area contributed by atoms with Gasteiger partial charge in [0.15, 0.2) is 0 Å². The van der Waals surface area contributed by atoms with Gasteiger partial charge in [-0.15, -0.1) is 0 Å². The van der Waals surface area contributed by atoms with Crippen LogP contribution in [0, 0.1) is 11.8 Å². The summed E-state index contributed by atoms with van der Waals surface area (Å²) in [7, 11) is 0. The second-order valence-corrected chi connectivity index (χ2v) is 4.47. The molecule has 1 aromatic carbocycles. The summed E-state index contributed by atoms with van der Waals surface area (Å²) in [5.74, 6) is -2.40. The molecule has 1 aromatic rings. The average molecular weight is 260 g/mol. The van der Waals surface area contributed by atoms with E-state index in [4.69, 9.17) is 5.11 Å². The normalized spacial score (nSPS) is 21.7. The highest BCUT2D eigenvalue weighted by atomic mass is 16.4. The second-order valence-electron chi connectivity index (χ2n) is 4.47. The number of amides is 1. The lowest BCUT2D eigenvalue weighted by molar-refractivity contribution is -0.147. The highest BCUT2D eigenvalue weighted by Gasteiger charge is 2.33. The van der Waals surface area contributed by atoms with Crippen LogP contribution in [-0.4, -0.2) is 17.0 Å². The molecule has 1 amide bonds. The average Bonchev–Trinajstić information content (AvgIpc) is 2.46. The Morgan fingerprint density at radius 3 is 2.32 bits per heavy atom. The summed E-state index contributed by atoms with van der Waals surface area (Å²) in [6.07, 6.45) is 4.53. The Morgan fingerprint density at radius 2 is 1.68 bits per heavy atom. The van der Waals surface area contributed by atoms with E-state index in [-0.39, 0.29) is 5.91 Å². The molecule has 1 unspecified atom stereocenters. The van der Waals surface area contributed by atoms with E-state index in [1.807, 2.05) is 42.5 Å². The lowest BCUT2D eigenvalue weighted by atomic mass is 9.82. The largest absolute Gasteiger partial charge is 0.481 e. The van der Waals surface area contributed by atoms with Gasteiger partial charge in [0, 0.05) is 0 Å². The fraction of sp³-hybridized carbons (Fsp3) is 0.286. The summed E-state index contributed by atoms with van der Waals surface area (Å²) < 4.78 is 0. The van der Waals surface area contributed by atoms with Crippen molar-refractivity contribution in [2.45, 2.75) is 12.8 Å². The van der Waals surface area contributed by atoms with Gasteiger partial charge in [-0.2, -0.15) is 0 Å². The Balaban J connectivity index is 1.95. The molecular weight excluding hydrogens is 244 g/mol. The highest BCUT2D eigenvalue weighted by Crippen LogP contribution is 2.25. The first-order valence-corrected chi connectivity index (χ1v) is 6.17. The lowest BCUT2D eigenvalue weighted by Gasteiger charge is -2.24. The van der Waals surface area contributed by atoms with Gasteiger partial charge in [-0.25, -0.2) is 0 Å². The SMILES string of the molecule is O=C(NNc1ccccc1)C1CC=CC[C@@H]1C(=O)O. The Labute approximate surface area is 111 Å². The predicted octanol–water partition coefficient (Wildman–Crippen LogP) is 1.80. The van der Waals surface area contributed by atoms with E-state index in [1.54, 1.807) is 0 Å². The number of carboxylic acid groups (broad SMARTS) is 1. The van der Waals surface area contributed by atoms with Crippen molar-refractivity contribution in [1.82, 2.24) is 5.43 Å². The molecule has 2 atom stereocenters. The molecule has 3 N–H and O–H groups in total. The molecule has 1 aliphatic rings. The summed E-state index contributed by atoms with van der Waals surface area (Å²) in [5, 5.41) is 9.11. The molecule has 0 aromatic heterocycles. The quantitative estimate of drug-likeness (QED) is 0.569. The van der Waals surface area contributed by atoms with Crippen molar-refractivity contribution in [3.8, 4) is 0 Å². The van der Waals surface area contributed by atoms with Gasteiger partial charge in [-0.05, 0) is 25.0 Å². The molecule has 0 saturated heterocycles. The van der Waals surface area contributed by atoms with Crippen molar-refractivity contribution in [3.63, 3.8) is 0 Å². The van der Waals surface area contributed by atoms with Gasteiger partial charge < -0.3 is 5.11 Å². The van der Waals surface area contributed by atoms with Crippen LogP contribution in [0.5, 0.6) is 0 Å². The molecule has 0 aliphatic heterocycles.